The number of nitrogens with one attached hydrogen (secondary N) is 1. The van der Waals surface area contributed by atoms with Gasteiger partial charge in [0.05, 0.1) is 5.75 Å². The molecule has 0 aliphatic carbocycles. The minimum absolute atomic E-state index is 0.0975. The Labute approximate surface area is 159 Å². The largest absolute Gasteiger partial charge is 0.339 e. The molecule has 1 N–H and O–H groups in total. The number of sulfonamides is 1. The molecule has 0 bridgehead atoms. The smallest absolute Gasteiger partial charge is 0.228 e. The van der Waals surface area contributed by atoms with Gasteiger partial charge in [0, 0.05) is 18.5 Å². The normalized spacial score (nSPS) is 11.6. The standard InChI is InChI=1S/C20H23N3O3S/c1-16-7-5-11-18(15-16)20-22-19(26-23-20)12-13-21-27(24,25)14-6-10-17-8-3-2-4-9-17/h2-5,7-9,11,15,21H,6,10,12-14H2,1H3. The number of aryl methyl sites for hydroxylation is 2. The summed E-state index contributed by atoms with van der Waals surface area (Å²) in [5.41, 5.74) is 3.14. The fourth-order valence-corrected chi connectivity index (χ4v) is 3.84. The molecule has 27 heavy (non-hydrogen) atoms. The Kier molecular flexibility index (Phi) is 6.36. The van der Waals surface area contributed by atoms with Gasteiger partial charge in [-0.05, 0) is 31.4 Å². The zero-order valence-corrected chi connectivity index (χ0v) is 16.1. The topological polar surface area (TPSA) is 85.1 Å². The van der Waals surface area contributed by atoms with Crippen molar-refractivity contribution in [2.24, 2.45) is 0 Å². The van der Waals surface area contributed by atoms with Crippen LogP contribution in [0.15, 0.2) is 59.1 Å². The fourth-order valence-electron chi connectivity index (χ4n) is 2.75. The van der Waals surface area contributed by atoms with Gasteiger partial charge in [-0.15, -0.1) is 0 Å². The van der Waals surface area contributed by atoms with Gasteiger partial charge in [-0.25, -0.2) is 13.1 Å². The molecule has 0 unspecified atom stereocenters. The van der Waals surface area contributed by atoms with Crippen molar-refractivity contribution in [3.05, 3.63) is 71.6 Å². The Bertz CT molecular complexity index is 969. The predicted octanol–water partition coefficient (Wildman–Crippen LogP) is 3.14. The van der Waals surface area contributed by atoms with E-state index in [1.165, 1.54) is 0 Å². The van der Waals surface area contributed by atoms with Crippen LogP contribution >= 0.6 is 0 Å². The van der Waals surface area contributed by atoms with E-state index in [1.807, 2.05) is 61.5 Å². The lowest BCUT2D eigenvalue weighted by Crippen LogP contribution is -2.28. The maximum atomic E-state index is 12.1. The summed E-state index contributed by atoms with van der Waals surface area (Å²) in [6.45, 7) is 2.24. The molecule has 0 spiro atoms. The molecule has 0 fully saturated rings. The monoisotopic (exact) mass is 385 g/mol. The highest BCUT2D eigenvalue weighted by Gasteiger charge is 2.12. The number of aromatic nitrogens is 2. The van der Waals surface area contributed by atoms with Crippen LogP contribution in [-0.2, 0) is 22.9 Å². The van der Waals surface area contributed by atoms with Crippen LogP contribution in [0.2, 0.25) is 0 Å². The molecule has 0 radical (unpaired) electrons. The van der Waals surface area contributed by atoms with E-state index in [0.29, 0.717) is 24.6 Å². The van der Waals surface area contributed by atoms with Crippen molar-refractivity contribution in [1.82, 2.24) is 14.9 Å². The summed E-state index contributed by atoms with van der Waals surface area (Å²) >= 11 is 0. The summed E-state index contributed by atoms with van der Waals surface area (Å²) in [4.78, 5) is 4.33. The summed E-state index contributed by atoms with van der Waals surface area (Å²) in [7, 11) is -3.31. The van der Waals surface area contributed by atoms with Gasteiger partial charge in [-0.3, -0.25) is 0 Å². The summed E-state index contributed by atoms with van der Waals surface area (Å²) < 4.78 is 32.0. The van der Waals surface area contributed by atoms with Gasteiger partial charge in [0.15, 0.2) is 0 Å². The minimum atomic E-state index is -3.31. The van der Waals surface area contributed by atoms with Crippen molar-refractivity contribution in [2.45, 2.75) is 26.2 Å². The molecule has 0 amide bonds. The van der Waals surface area contributed by atoms with E-state index >= 15 is 0 Å². The van der Waals surface area contributed by atoms with Crippen LogP contribution in [0.4, 0.5) is 0 Å². The van der Waals surface area contributed by atoms with Gasteiger partial charge in [0.25, 0.3) is 0 Å². The summed E-state index contributed by atoms with van der Waals surface area (Å²) in [6.07, 6.45) is 1.68. The first-order valence-electron chi connectivity index (χ1n) is 8.93. The van der Waals surface area contributed by atoms with Crippen molar-refractivity contribution in [3.8, 4) is 11.4 Å². The Morgan fingerprint density at radius 3 is 2.63 bits per heavy atom. The molecule has 0 saturated carbocycles. The van der Waals surface area contributed by atoms with Gasteiger partial charge < -0.3 is 4.52 Å². The van der Waals surface area contributed by atoms with E-state index in [1.54, 1.807) is 0 Å². The maximum absolute atomic E-state index is 12.1. The molecule has 0 saturated heterocycles. The van der Waals surface area contributed by atoms with Gasteiger partial charge in [0.1, 0.15) is 0 Å². The first-order valence-corrected chi connectivity index (χ1v) is 10.6. The first kappa shape index (κ1) is 19.3. The highest BCUT2D eigenvalue weighted by Crippen LogP contribution is 2.17. The number of benzene rings is 2. The molecule has 1 heterocycles. The molecule has 0 aliphatic heterocycles. The van der Waals surface area contributed by atoms with Crippen molar-refractivity contribution in [2.75, 3.05) is 12.3 Å². The minimum Gasteiger partial charge on any atom is -0.339 e. The lowest BCUT2D eigenvalue weighted by Gasteiger charge is -2.05. The second-order valence-corrected chi connectivity index (χ2v) is 8.36. The Balaban J connectivity index is 1.45. The predicted molar refractivity (Wildman–Crippen MR) is 105 cm³/mol. The van der Waals surface area contributed by atoms with Crippen molar-refractivity contribution >= 4 is 10.0 Å². The van der Waals surface area contributed by atoms with Crippen LogP contribution in [0.3, 0.4) is 0 Å². The third-order valence-corrected chi connectivity index (χ3v) is 5.60. The third-order valence-electron chi connectivity index (χ3n) is 4.13. The van der Waals surface area contributed by atoms with Crippen molar-refractivity contribution in [3.63, 3.8) is 0 Å². The van der Waals surface area contributed by atoms with Gasteiger partial charge in [-0.2, -0.15) is 4.98 Å². The molecular weight excluding hydrogens is 362 g/mol. The number of rotatable bonds is 9. The molecule has 6 nitrogen and oxygen atoms in total. The molecule has 142 valence electrons. The molecule has 3 rings (SSSR count). The average Bonchev–Trinajstić information content (AvgIpc) is 3.11. The number of nitrogens with zero attached hydrogens (tertiary/aromatic N) is 2. The van der Waals surface area contributed by atoms with E-state index in [4.69, 9.17) is 4.52 Å². The highest BCUT2D eigenvalue weighted by molar-refractivity contribution is 7.89. The lowest BCUT2D eigenvalue weighted by atomic mass is 10.1. The second kappa shape index (κ2) is 8.92. The van der Waals surface area contributed by atoms with E-state index in [-0.39, 0.29) is 12.3 Å². The molecule has 1 aromatic heterocycles. The van der Waals surface area contributed by atoms with Crippen LogP contribution in [0.5, 0.6) is 0 Å². The average molecular weight is 385 g/mol. The van der Waals surface area contributed by atoms with Crippen LogP contribution in [0.1, 0.15) is 23.4 Å². The van der Waals surface area contributed by atoms with Crippen LogP contribution in [-0.4, -0.2) is 30.9 Å². The van der Waals surface area contributed by atoms with Crippen molar-refractivity contribution in [1.29, 1.82) is 0 Å². The fraction of sp³-hybridized carbons (Fsp3) is 0.300. The van der Waals surface area contributed by atoms with E-state index < -0.39 is 10.0 Å². The summed E-state index contributed by atoms with van der Waals surface area (Å²) in [5.74, 6) is 1.03. The zero-order valence-electron chi connectivity index (χ0n) is 15.3. The SMILES string of the molecule is Cc1cccc(-c2noc(CCNS(=O)(=O)CCCc3ccccc3)n2)c1. The molecule has 0 aliphatic rings. The lowest BCUT2D eigenvalue weighted by molar-refractivity contribution is 0.379. The maximum Gasteiger partial charge on any atom is 0.228 e. The summed E-state index contributed by atoms with van der Waals surface area (Å²) in [6, 6.07) is 17.7. The number of hydrogen-bond acceptors (Lipinski definition) is 5. The highest BCUT2D eigenvalue weighted by atomic mass is 32.2. The van der Waals surface area contributed by atoms with Crippen molar-refractivity contribution < 1.29 is 12.9 Å². The van der Waals surface area contributed by atoms with Crippen LogP contribution in [0.25, 0.3) is 11.4 Å². The van der Waals surface area contributed by atoms with Gasteiger partial charge in [0.2, 0.25) is 21.7 Å². The Hall–Kier alpha value is -2.51. The van der Waals surface area contributed by atoms with Gasteiger partial charge >= 0.3 is 0 Å². The van der Waals surface area contributed by atoms with Crippen LogP contribution < -0.4 is 4.72 Å². The third kappa shape index (κ3) is 6.01. The molecule has 3 aromatic rings. The Morgan fingerprint density at radius 2 is 1.85 bits per heavy atom. The molecule has 7 heteroatoms. The Morgan fingerprint density at radius 1 is 1.04 bits per heavy atom. The van der Waals surface area contributed by atoms with E-state index in [0.717, 1.165) is 23.1 Å². The number of hydrogen-bond donors (Lipinski definition) is 1. The summed E-state index contributed by atoms with van der Waals surface area (Å²) in [5, 5.41) is 3.96. The molecule has 2 aromatic carbocycles. The van der Waals surface area contributed by atoms with Gasteiger partial charge in [-0.1, -0.05) is 59.3 Å². The van der Waals surface area contributed by atoms with E-state index in [9.17, 15) is 8.42 Å². The zero-order chi connectivity index (χ0) is 19.1. The molecular formula is C20H23N3O3S. The van der Waals surface area contributed by atoms with E-state index in [2.05, 4.69) is 14.9 Å². The first-order chi connectivity index (χ1) is 13.0. The van der Waals surface area contributed by atoms with Crippen LogP contribution in [0, 0.1) is 6.92 Å². The quantitative estimate of drug-likeness (QED) is 0.612. The molecule has 0 atom stereocenters. The second-order valence-electron chi connectivity index (χ2n) is 6.43.